The van der Waals surface area contributed by atoms with Crippen molar-refractivity contribution in [1.82, 2.24) is 20.8 Å². The molecule has 3 N–H and O–H groups in total. The molecule has 0 fully saturated rings. The number of aliphatic hydroxyl groups excluding tert-OH is 1. The largest absolute Gasteiger partial charge is 0.490 e. The van der Waals surface area contributed by atoms with Gasteiger partial charge < -0.3 is 25.0 Å². The van der Waals surface area contributed by atoms with Crippen LogP contribution in [0.5, 0.6) is 5.75 Å². The Labute approximate surface area is 204 Å². The molecule has 2 aromatic carbocycles. The number of aliphatic hydroxyl groups is 1. The van der Waals surface area contributed by atoms with Crippen LogP contribution in [0.1, 0.15) is 42.9 Å². The fourth-order valence-corrected chi connectivity index (χ4v) is 4.34. The normalized spacial score (nSPS) is 14.5. The van der Waals surface area contributed by atoms with Crippen LogP contribution >= 0.6 is 0 Å². The van der Waals surface area contributed by atoms with Gasteiger partial charge >= 0.3 is 0 Å². The van der Waals surface area contributed by atoms with Crippen molar-refractivity contribution in [2.24, 2.45) is 0 Å². The maximum Gasteiger partial charge on any atom is 0.258 e. The zero-order valence-corrected chi connectivity index (χ0v) is 19.9. The summed E-state index contributed by atoms with van der Waals surface area (Å²) in [4.78, 5) is 16.4. The average molecular weight is 476 g/mol. The van der Waals surface area contributed by atoms with E-state index in [-0.39, 0.29) is 37.6 Å². The minimum Gasteiger partial charge on any atom is -0.490 e. The van der Waals surface area contributed by atoms with Gasteiger partial charge in [0, 0.05) is 24.2 Å². The minimum absolute atomic E-state index is 0.0365. The van der Waals surface area contributed by atoms with Gasteiger partial charge in [-0.15, -0.1) is 0 Å². The highest BCUT2D eigenvalue weighted by Crippen LogP contribution is 2.38. The molecule has 3 aromatic rings. The number of nitrogens with zero attached hydrogens (tertiary/aromatic N) is 3. The molecule has 4 rings (SSSR count). The van der Waals surface area contributed by atoms with Crippen LogP contribution in [0.3, 0.4) is 0 Å². The number of nitriles is 1. The molecule has 0 aliphatic heterocycles. The van der Waals surface area contributed by atoms with Crippen molar-refractivity contribution in [2.75, 3.05) is 26.2 Å². The fraction of sp³-hybridized carbons (Fsp3) is 0.385. The van der Waals surface area contributed by atoms with Gasteiger partial charge in [-0.1, -0.05) is 23.4 Å². The number of rotatable bonds is 10. The van der Waals surface area contributed by atoms with Crippen LogP contribution in [0.4, 0.5) is 0 Å². The van der Waals surface area contributed by atoms with E-state index in [1.54, 1.807) is 12.1 Å². The van der Waals surface area contributed by atoms with E-state index in [0.29, 0.717) is 35.1 Å². The highest BCUT2D eigenvalue weighted by atomic mass is 16.5. The van der Waals surface area contributed by atoms with Crippen molar-refractivity contribution in [1.29, 1.82) is 5.26 Å². The number of amides is 1. The van der Waals surface area contributed by atoms with Crippen LogP contribution in [-0.4, -0.2) is 53.5 Å². The smallest absolute Gasteiger partial charge is 0.258 e. The quantitative estimate of drug-likeness (QED) is 0.408. The molecule has 9 nitrogen and oxygen atoms in total. The summed E-state index contributed by atoms with van der Waals surface area (Å²) in [6.07, 6.45) is 1.81. The number of hydrogen-bond acceptors (Lipinski definition) is 8. The summed E-state index contributed by atoms with van der Waals surface area (Å²) >= 11 is 0. The van der Waals surface area contributed by atoms with Crippen LogP contribution in [0.15, 0.2) is 40.9 Å². The zero-order valence-electron chi connectivity index (χ0n) is 19.9. The molecule has 1 aromatic heterocycles. The van der Waals surface area contributed by atoms with E-state index in [1.165, 1.54) is 11.1 Å². The molecule has 1 aliphatic rings. The number of benzene rings is 2. The van der Waals surface area contributed by atoms with Gasteiger partial charge in [-0.05, 0) is 61.9 Å². The topological polar surface area (TPSA) is 133 Å². The van der Waals surface area contributed by atoms with Crippen LogP contribution in [0.2, 0.25) is 0 Å². The Bertz CT molecular complexity index is 1230. The monoisotopic (exact) mass is 475 g/mol. The molecular weight excluding hydrogens is 446 g/mol. The van der Waals surface area contributed by atoms with E-state index in [2.05, 4.69) is 32.9 Å². The van der Waals surface area contributed by atoms with E-state index in [1.807, 2.05) is 32.0 Å². The summed E-state index contributed by atoms with van der Waals surface area (Å²) in [6, 6.07) is 13.5. The van der Waals surface area contributed by atoms with Crippen molar-refractivity contribution >= 4 is 5.91 Å². The van der Waals surface area contributed by atoms with Crippen LogP contribution in [-0.2, 0) is 11.2 Å². The number of nitrogens with one attached hydrogen (secondary N) is 2. The first-order valence-electron chi connectivity index (χ1n) is 11.8. The summed E-state index contributed by atoms with van der Waals surface area (Å²) in [5.41, 5.74) is 4.41. The third-order valence-corrected chi connectivity index (χ3v) is 5.88. The Kier molecular flexibility index (Phi) is 7.75. The molecule has 1 heterocycles. The maximum atomic E-state index is 11.7. The van der Waals surface area contributed by atoms with Crippen molar-refractivity contribution < 1.29 is 19.2 Å². The summed E-state index contributed by atoms with van der Waals surface area (Å²) in [5.74, 6) is 1.53. The lowest BCUT2D eigenvalue weighted by Gasteiger charge is -2.13. The predicted octanol–water partition coefficient (Wildman–Crippen LogP) is 2.79. The standard InChI is InChI=1S/C26H29N5O4/c1-16(2)34-23-9-7-17(12-19(23)13-27)26-30-25(31-35-26)22-5-3-4-20-18(6-8-21(20)22)14-28-15-24(33)29-10-11-32/h3-5,7,9,12,16,18,28,32H,6,8,10-11,14-15H2,1-2H3,(H,29,33). The number of ether oxygens (including phenoxy) is 1. The lowest BCUT2D eigenvalue weighted by molar-refractivity contribution is -0.120. The third kappa shape index (κ3) is 5.67. The third-order valence-electron chi connectivity index (χ3n) is 5.88. The summed E-state index contributed by atoms with van der Waals surface area (Å²) < 4.78 is 11.2. The second-order valence-electron chi connectivity index (χ2n) is 8.73. The van der Waals surface area contributed by atoms with Crippen molar-refractivity contribution in [2.45, 2.75) is 38.7 Å². The first-order valence-corrected chi connectivity index (χ1v) is 11.8. The molecule has 0 bridgehead atoms. The van der Waals surface area contributed by atoms with Gasteiger partial charge in [0.15, 0.2) is 0 Å². The first kappa shape index (κ1) is 24.4. The van der Waals surface area contributed by atoms with Crippen molar-refractivity contribution in [3.05, 3.63) is 53.1 Å². The van der Waals surface area contributed by atoms with Gasteiger partial charge in [0.25, 0.3) is 5.89 Å². The number of fused-ring (bicyclic) bond motifs is 1. The molecule has 0 saturated heterocycles. The predicted molar refractivity (Wildman–Crippen MR) is 130 cm³/mol. The molecule has 9 heteroatoms. The van der Waals surface area contributed by atoms with E-state index in [0.717, 1.165) is 18.4 Å². The highest BCUT2D eigenvalue weighted by molar-refractivity contribution is 5.78. The van der Waals surface area contributed by atoms with Crippen LogP contribution in [0, 0.1) is 11.3 Å². The molecule has 1 atom stereocenters. The molecule has 1 aliphatic carbocycles. The first-order chi connectivity index (χ1) is 17.0. The summed E-state index contributed by atoms with van der Waals surface area (Å²) in [7, 11) is 0. The lowest BCUT2D eigenvalue weighted by atomic mass is 9.98. The molecule has 1 amide bonds. The van der Waals surface area contributed by atoms with Crippen LogP contribution in [0.25, 0.3) is 22.8 Å². The molecule has 1 unspecified atom stereocenters. The molecule has 182 valence electrons. The Morgan fingerprint density at radius 1 is 1.34 bits per heavy atom. The van der Waals surface area contributed by atoms with Crippen LogP contribution < -0.4 is 15.4 Å². The molecular formula is C26H29N5O4. The van der Waals surface area contributed by atoms with E-state index in [9.17, 15) is 10.1 Å². The second kappa shape index (κ2) is 11.1. The maximum absolute atomic E-state index is 11.7. The van der Waals surface area contributed by atoms with Crippen molar-refractivity contribution in [3.63, 3.8) is 0 Å². The Morgan fingerprint density at radius 3 is 2.97 bits per heavy atom. The lowest BCUT2D eigenvalue weighted by Crippen LogP contribution is -2.36. The SMILES string of the molecule is CC(C)Oc1ccc(-c2nc(-c3cccc4c3CCC4CNCC(=O)NCCO)no2)cc1C#N. The van der Waals surface area contributed by atoms with E-state index < -0.39 is 0 Å². The van der Waals surface area contributed by atoms with Gasteiger partial charge in [0.05, 0.1) is 24.8 Å². The summed E-state index contributed by atoms with van der Waals surface area (Å²) in [6.45, 7) is 4.91. The van der Waals surface area contributed by atoms with Gasteiger partial charge in [0.2, 0.25) is 11.7 Å². The molecule has 0 spiro atoms. The highest BCUT2D eigenvalue weighted by Gasteiger charge is 2.26. The minimum atomic E-state index is -0.131. The zero-order chi connectivity index (χ0) is 24.8. The van der Waals surface area contributed by atoms with Crippen molar-refractivity contribution in [3.8, 4) is 34.7 Å². The fourth-order valence-electron chi connectivity index (χ4n) is 4.34. The Morgan fingerprint density at radius 2 is 2.20 bits per heavy atom. The number of carbonyl (C=O) groups is 1. The van der Waals surface area contributed by atoms with E-state index >= 15 is 0 Å². The average Bonchev–Trinajstić information content (AvgIpc) is 3.50. The molecule has 0 radical (unpaired) electrons. The van der Waals surface area contributed by atoms with Gasteiger partial charge in [-0.3, -0.25) is 4.79 Å². The number of aromatic nitrogens is 2. The second-order valence-corrected chi connectivity index (χ2v) is 8.73. The van der Waals surface area contributed by atoms with Gasteiger partial charge in [-0.25, -0.2) is 0 Å². The summed E-state index contributed by atoms with van der Waals surface area (Å²) in [5, 5.41) is 28.4. The number of carbonyl (C=O) groups excluding carboxylic acids is 1. The van der Waals surface area contributed by atoms with E-state index in [4.69, 9.17) is 14.4 Å². The Hall–Kier alpha value is -3.74. The molecule has 0 saturated carbocycles. The van der Waals surface area contributed by atoms with Gasteiger partial charge in [-0.2, -0.15) is 10.2 Å². The Balaban J connectivity index is 1.49. The molecule has 35 heavy (non-hydrogen) atoms. The number of hydrogen-bond donors (Lipinski definition) is 3. The van der Waals surface area contributed by atoms with Gasteiger partial charge in [0.1, 0.15) is 11.8 Å².